The van der Waals surface area contributed by atoms with E-state index in [1.807, 2.05) is 0 Å². The van der Waals surface area contributed by atoms with E-state index in [0.29, 0.717) is 33.9 Å². The Bertz CT molecular complexity index is 1220. The first-order valence-corrected chi connectivity index (χ1v) is 9.68. The van der Waals surface area contributed by atoms with E-state index in [2.05, 4.69) is 0 Å². The second-order valence-electron chi connectivity index (χ2n) is 7.05. The minimum atomic E-state index is -0.614. The maximum Gasteiger partial charge on any atom is 0.343 e. The first kappa shape index (κ1) is 21.1. The standard InChI is InChI=1S/C25H19FO6/c1-14-21(32-25(28)16-11-18(29-2)13-19(12-16)30-3)9-8-20-23(27)22(31-24(14)20)10-15-4-6-17(26)7-5-15/h4-13H,1-3H3/b22-10-. The smallest absolute Gasteiger partial charge is 0.343 e. The quantitative estimate of drug-likeness (QED) is 0.320. The molecule has 0 radical (unpaired) electrons. The molecule has 3 aromatic rings. The number of ketones is 1. The Morgan fingerprint density at radius 3 is 2.25 bits per heavy atom. The van der Waals surface area contributed by atoms with Crippen LogP contribution in [0.3, 0.4) is 0 Å². The first-order valence-electron chi connectivity index (χ1n) is 9.68. The van der Waals surface area contributed by atoms with E-state index in [4.69, 9.17) is 18.9 Å². The van der Waals surface area contributed by atoms with Gasteiger partial charge in [-0.25, -0.2) is 9.18 Å². The summed E-state index contributed by atoms with van der Waals surface area (Å²) in [6, 6.07) is 13.5. The molecular weight excluding hydrogens is 415 g/mol. The Labute approximate surface area is 183 Å². The highest BCUT2D eigenvalue weighted by molar-refractivity contribution is 6.15. The van der Waals surface area contributed by atoms with Crippen molar-refractivity contribution in [2.45, 2.75) is 6.92 Å². The van der Waals surface area contributed by atoms with E-state index in [0.717, 1.165) is 0 Å². The Morgan fingerprint density at radius 1 is 0.969 bits per heavy atom. The van der Waals surface area contributed by atoms with E-state index in [-0.39, 0.29) is 28.7 Å². The highest BCUT2D eigenvalue weighted by Gasteiger charge is 2.30. The fourth-order valence-electron chi connectivity index (χ4n) is 3.27. The van der Waals surface area contributed by atoms with Gasteiger partial charge < -0.3 is 18.9 Å². The minimum Gasteiger partial charge on any atom is -0.497 e. The Hall–Kier alpha value is -4.13. The Balaban J connectivity index is 1.60. The maximum absolute atomic E-state index is 13.1. The predicted octanol–water partition coefficient (Wildman–Crippen LogP) is 4.99. The van der Waals surface area contributed by atoms with Crippen molar-refractivity contribution in [3.63, 3.8) is 0 Å². The normalized spacial score (nSPS) is 13.5. The van der Waals surface area contributed by atoms with Gasteiger partial charge in [0.15, 0.2) is 5.76 Å². The summed E-state index contributed by atoms with van der Waals surface area (Å²) in [5, 5.41) is 0. The zero-order chi connectivity index (χ0) is 22.8. The van der Waals surface area contributed by atoms with Crippen LogP contribution >= 0.6 is 0 Å². The number of fused-ring (bicyclic) bond motifs is 1. The fourth-order valence-corrected chi connectivity index (χ4v) is 3.27. The fraction of sp³-hybridized carbons (Fsp3) is 0.120. The van der Waals surface area contributed by atoms with E-state index in [1.54, 1.807) is 37.3 Å². The molecule has 0 aromatic heterocycles. The van der Waals surface area contributed by atoms with Crippen molar-refractivity contribution in [3.05, 3.63) is 88.4 Å². The number of esters is 1. The van der Waals surface area contributed by atoms with Gasteiger partial charge in [-0.1, -0.05) is 12.1 Å². The zero-order valence-electron chi connectivity index (χ0n) is 17.6. The lowest BCUT2D eigenvalue weighted by molar-refractivity contribution is 0.0732. The highest BCUT2D eigenvalue weighted by atomic mass is 19.1. The van der Waals surface area contributed by atoms with Crippen LogP contribution in [0, 0.1) is 12.7 Å². The summed E-state index contributed by atoms with van der Waals surface area (Å²) in [5.74, 6) is 0.293. The second-order valence-corrected chi connectivity index (χ2v) is 7.05. The van der Waals surface area contributed by atoms with Crippen LogP contribution in [0.25, 0.3) is 6.08 Å². The molecule has 0 saturated carbocycles. The van der Waals surface area contributed by atoms with Gasteiger partial charge in [0.05, 0.1) is 25.3 Å². The summed E-state index contributed by atoms with van der Waals surface area (Å²) in [7, 11) is 2.97. The van der Waals surface area contributed by atoms with Crippen molar-refractivity contribution in [2.24, 2.45) is 0 Å². The van der Waals surface area contributed by atoms with Gasteiger partial charge in [-0.3, -0.25) is 4.79 Å². The van der Waals surface area contributed by atoms with E-state index >= 15 is 0 Å². The zero-order valence-corrected chi connectivity index (χ0v) is 17.6. The number of hydrogen-bond acceptors (Lipinski definition) is 6. The lowest BCUT2D eigenvalue weighted by Gasteiger charge is -2.11. The van der Waals surface area contributed by atoms with Crippen LogP contribution in [0.5, 0.6) is 23.0 Å². The molecule has 0 fully saturated rings. The third kappa shape index (κ3) is 4.05. The maximum atomic E-state index is 13.1. The number of hydrogen-bond donors (Lipinski definition) is 0. The van der Waals surface area contributed by atoms with Crippen molar-refractivity contribution < 1.29 is 32.9 Å². The van der Waals surface area contributed by atoms with Gasteiger partial charge in [-0.15, -0.1) is 0 Å². The molecule has 1 aliphatic rings. The van der Waals surface area contributed by atoms with Gasteiger partial charge >= 0.3 is 5.97 Å². The van der Waals surface area contributed by atoms with Gasteiger partial charge in [0.25, 0.3) is 0 Å². The van der Waals surface area contributed by atoms with E-state index in [1.165, 1.54) is 44.6 Å². The molecule has 1 aliphatic heterocycles. The monoisotopic (exact) mass is 434 g/mol. The molecule has 4 rings (SSSR count). The molecule has 0 saturated heterocycles. The molecule has 3 aromatic carbocycles. The number of rotatable bonds is 5. The van der Waals surface area contributed by atoms with Crippen LogP contribution in [0.4, 0.5) is 4.39 Å². The van der Waals surface area contributed by atoms with Crippen LogP contribution < -0.4 is 18.9 Å². The van der Waals surface area contributed by atoms with Gasteiger partial charge in [0.2, 0.25) is 5.78 Å². The predicted molar refractivity (Wildman–Crippen MR) is 115 cm³/mol. The molecule has 0 atom stereocenters. The number of benzene rings is 3. The van der Waals surface area contributed by atoms with E-state index < -0.39 is 5.97 Å². The third-order valence-corrected chi connectivity index (χ3v) is 4.99. The molecule has 0 spiro atoms. The van der Waals surface area contributed by atoms with Crippen LogP contribution in [0.15, 0.2) is 60.4 Å². The summed E-state index contributed by atoms with van der Waals surface area (Å²) in [6.45, 7) is 1.70. The van der Waals surface area contributed by atoms with Gasteiger partial charge in [0.1, 0.15) is 28.8 Å². The number of allylic oxidation sites excluding steroid dienone is 1. The summed E-state index contributed by atoms with van der Waals surface area (Å²) in [6.07, 6.45) is 1.54. The molecule has 32 heavy (non-hydrogen) atoms. The van der Waals surface area contributed by atoms with Gasteiger partial charge in [0, 0.05) is 11.6 Å². The lowest BCUT2D eigenvalue weighted by atomic mass is 10.1. The molecule has 0 unspecified atom stereocenters. The second kappa shape index (κ2) is 8.55. The number of halogens is 1. The minimum absolute atomic E-state index is 0.107. The van der Waals surface area contributed by atoms with Gasteiger partial charge in [-0.05, 0) is 55.0 Å². The highest BCUT2D eigenvalue weighted by Crippen LogP contribution is 2.39. The average Bonchev–Trinajstić information content (AvgIpc) is 3.12. The summed E-state index contributed by atoms with van der Waals surface area (Å²) in [5.41, 5.74) is 1.73. The molecule has 6 nitrogen and oxygen atoms in total. The average molecular weight is 434 g/mol. The van der Waals surface area contributed by atoms with Crippen molar-refractivity contribution >= 4 is 17.8 Å². The summed E-state index contributed by atoms with van der Waals surface area (Å²) < 4.78 is 34.8. The topological polar surface area (TPSA) is 71.1 Å². The van der Waals surface area contributed by atoms with Crippen molar-refractivity contribution in [3.8, 4) is 23.0 Å². The van der Waals surface area contributed by atoms with Crippen LogP contribution in [-0.2, 0) is 0 Å². The molecule has 0 N–H and O–H groups in total. The van der Waals surface area contributed by atoms with Crippen LogP contribution in [0.2, 0.25) is 0 Å². The SMILES string of the molecule is COc1cc(OC)cc(C(=O)Oc2ccc3c(c2C)O/C(=C\c2ccc(F)cc2)C3=O)c1. The summed E-state index contributed by atoms with van der Waals surface area (Å²) >= 11 is 0. The molecule has 1 heterocycles. The molecule has 7 heteroatoms. The van der Waals surface area contributed by atoms with Gasteiger partial charge in [-0.2, -0.15) is 0 Å². The van der Waals surface area contributed by atoms with Crippen LogP contribution in [0.1, 0.15) is 31.8 Å². The third-order valence-electron chi connectivity index (χ3n) is 4.99. The number of Topliss-reactive ketones (excluding diaryl/α,β-unsaturated/α-hetero) is 1. The van der Waals surface area contributed by atoms with E-state index in [9.17, 15) is 14.0 Å². The molecule has 0 bridgehead atoms. The molecular formula is C25H19FO6. The Morgan fingerprint density at radius 2 is 1.62 bits per heavy atom. The largest absolute Gasteiger partial charge is 0.497 e. The first-order chi connectivity index (χ1) is 15.4. The number of methoxy groups -OCH3 is 2. The lowest BCUT2D eigenvalue weighted by Crippen LogP contribution is -2.10. The van der Waals surface area contributed by atoms with Crippen molar-refractivity contribution in [1.29, 1.82) is 0 Å². The number of ether oxygens (including phenoxy) is 4. The Kier molecular flexibility index (Phi) is 5.64. The van der Waals surface area contributed by atoms with Crippen molar-refractivity contribution in [2.75, 3.05) is 14.2 Å². The molecule has 0 amide bonds. The number of carbonyl (C=O) groups is 2. The summed E-state index contributed by atoms with van der Waals surface area (Å²) in [4.78, 5) is 25.4. The number of carbonyl (C=O) groups excluding carboxylic acids is 2. The van der Waals surface area contributed by atoms with Crippen molar-refractivity contribution in [1.82, 2.24) is 0 Å². The molecule has 0 aliphatic carbocycles. The van der Waals surface area contributed by atoms with Crippen LogP contribution in [-0.4, -0.2) is 26.0 Å². The molecule has 162 valence electrons.